The van der Waals surface area contributed by atoms with Gasteiger partial charge in [-0.15, -0.1) is 0 Å². The van der Waals surface area contributed by atoms with Gasteiger partial charge in [0.05, 0.1) is 13.3 Å². The Bertz CT molecular complexity index is 933. The van der Waals surface area contributed by atoms with Gasteiger partial charge in [-0.3, -0.25) is 15.3 Å². The highest BCUT2D eigenvalue weighted by Crippen LogP contribution is 2.16. The minimum atomic E-state index is -0.190. The highest BCUT2D eigenvalue weighted by molar-refractivity contribution is 6.00. The van der Waals surface area contributed by atoms with E-state index in [1.54, 1.807) is 20.2 Å². The molecule has 0 fully saturated rings. The number of nitrogens with zero attached hydrogens (tertiary/aromatic N) is 2. The Morgan fingerprint density at radius 3 is 2.64 bits per heavy atom. The van der Waals surface area contributed by atoms with Crippen molar-refractivity contribution in [3.8, 4) is 5.75 Å². The molecule has 0 radical (unpaired) electrons. The number of rotatable bonds is 8. The van der Waals surface area contributed by atoms with Crippen molar-refractivity contribution < 1.29 is 9.53 Å². The van der Waals surface area contributed by atoms with E-state index in [-0.39, 0.29) is 5.91 Å². The first-order valence-corrected chi connectivity index (χ1v) is 8.97. The third kappa shape index (κ3) is 4.97. The molecule has 0 aliphatic carbocycles. The highest BCUT2D eigenvalue weighted by Gasteiger charge is 2.17. The first kappa shape index (κ1) is 19.2. The molecule has 3 aromatic rings. The monoisotopic (exact) mass is 377 g/mol. The average Bonchev–Trinajstić information content (AvgIpc) is 3.09. The summed E-state index contributed by atoms with van der Waals surface area (Å²) in [6, 6.07) is 17.5. The maximum absolute atomic E-state index is 12.6. The summed E-state index contributed by atoms with van der Waals surface area (Å²) in [5.41, 5.74) is 6.05. The van der Waals surface area contributed by atoms with Gasteiger partial charge in [0.2, 0.25) is 0 Å². The number of nitrogens with one attached hydrogen (secondary N) is 3. The molecule has 0 aliphatic rings. The smallest absolute Gasteiger partial charge is 0.257 e. The summed E-state index contributed by atoms with van der Waals surface area (Å²) >= 11 is 0. The lowest BCUT2D eigenvalue weighted by Gasteiger charge is -2.06. The number of carbonyl (C=O) groups excluding carboxylic acids is 1. The van der Waals surface area contributed by atoms with Gasteiger partial charge in [0.25, 0.3) is 5.91 Å². The summed E-state index contributed by atoms with van der Waals surface area (Å²) in [6.07, 6.45) is 2.42. The SMILES string of the molecule is COc1ccc(/C=N/Nc2n[nH]c(C)c2C(=O)NCCc2ccccc2)cc1. The molecular formula is C21H23N5O2. The van der Waals surface area contributed by atoms with Crippen LogP contribution in [0, 0.1) is 6.92 Å². The van der Waals surface area contributed by atoms with Crippen LogP contribution in [0.2, 0.25) is 0 Å². The summed E-state index contributed by atoms with van der Waals surface area (Å²) in [5.74, 6) is 0.978. The van der Waals surface area contributed by atoms with E-state index in [1.165, 1.54) is 5.56 Å². The van der Waals surface area contributed by atoms with E-state index >= 15 is 0 Å². The van der Waals surface area contributed by atoms with E-state index in [0.29, 0.717) is 23.6 Å². The fraction of sp³-hybridized carbons (Fsp3) is 0.190. The predicted octanol–water partition coefficient (Wildman–Crippen LogP) is 3.15. The molecule has 0 saturated carbocycles. The maximum Gasteiger partial charge on any atom is 0.257 e. The molecule has 144 valence electrons. The third-order valence-corrected chi connectivity index (χ3v) is 4.22. The molecule has 1 aromatic heterocycles. The van der Waals surface area contributed by atoms with Crippen LogP contribution in [0.1, 0.15) is 27.2 Å². The van der Waals surface area contributed by atoms with Crippen molar-refractivity contribution in [1.82, 2.24) is 15.5 Å². The van der Waals surface area contributed by atoms with Crippen LogP contribution in [0.3, 0.4) is 0 Å². The quantitative estimate of drug-likeness (QED) is 0.415. The lowest BCUT2D eigenvalue weighted by molar-refractivity contribution is 0.0954. The van der Waals surface area contributed by atoms with Crippen LogP contribution in [-0.2, 0) is 6.42 Å². The number of hydrogen-bond acceptors (Lipinski definition) is 5. The minimum Gasteiger partial charge on any atom is -0.497 e. The largest absolute Gasteiger partial charge is 0.497 e. The fourth-order valence-electron chi connectivity index (χ4n) is 2.70. The van der Waals surface area contributed by atoms with Crippen molar-refractivity contribution in [2.24, 2.45) is 5.10 Å². The molecule has 3 rings (SSSR count). The van der Waals surface area contributed by atoms with E-state index < -0.39 is 0 Å². The average molecular weight is 377 g/mol. The Balaban J connectivity index is 1.59. The van der Waals surface area contributed by atoms with Crippen molar-refractivity contribution in [2.45, 2.75) is 13.3 Å². The van der Waals surface area contributed by atoms with Gasteiger partial charge in [-0.1, -0.05) is 30.3 Å². The summed E-state index contributed by atoms with van der Waals surface area (Å²) in [7, 11) is 1.62. The molecule has 1 heterocycles. The van der Waals surface area contributed by atoms with Crippen LogP contribution in [0.4, 0.5) is 5.82 Å². The van der Waals surface area contributed by atoms with E-state index in [4.69, 9.17) is 4.74 Å². The van der Waals surface area contributed by atoms with Crippen molar-refractivity contribution in [3.63, 3.8) is 0 Å². The zero-order chi connectivity index (χ0) is 19.8. The van der Waals surface area contributed by atoms with Gasteiger partial charge in [-0.2, -0.15) is 10.2 Å². The Morgan fingerprint density at radius 1 is 1.18 bits per heavy atom. The predicted molar refractivity (Wildman–Crippen MR) is 110 cm³/mol. The van der Waals surface area contributed by atoms with Crippen LogP contribution in [0.25, 0.3) is 0 Å². The van der Waals surface area contributed by atoms with E-state index in [9.17, 15) is 4.79 Å². The molecule has 0 bridgehead atoms. The normalized spacial score (nSPS) is 10.8. The molecule has 1 amide bonds. The molecule has 7 nitrogen and oxygen atoms in total. The van der Waals surface area contributed by atoms with Crippen molar-refractivity contribution >= 4 is 17.9 Å². The van der Waals surface area contributed by atoms with Gasteiger partial charge in [0, 0.05) is 12.2 Å². The maximum atomic E-state index is 12.6. The molecule has 0 spiro atoms. The van der Waals surface area contributed by atoms with E-state index in [0.717, 1.165) is 17.7 Å². The molecule has 0 unspecified atom stereocenters. The van der Waals surface area contributed by atoms with Crippen molar-refractivity contribution in [3.05, 3.63) is 77.0 Å². The summed E-state index contributed by atoms with van der Waals surface area (Å²) in [6.45, 7) is 2.35. The molecule has 0 atom stereocenters. The number of hydrogen-bond donors (Lipinski definition) is 3. The molecule has 28 heavy (non-hydrogen) atoms. The molecule has 7 heteroatoms. The zero-order valence-corrected chi connectivity index (χ0v) is 15.9. The van der Waals surface area contributed by atoms with Gasteiger partial charge < -0.3 is 10.1 Å². The summed E-state index contributed by atoms with van der Waals surface area (Å²) in [4.78, 5) is 12.6. The molecule has 2 aromatic carbocycles. The number of aromatic amines is 1. The number of H-pyrrole nitrogens is 1. The lowest BCUT2D eigenvalue weighted by atomic mass is 10.1. The number of aromatic nitrogens is 2. The summed E-state index contributed by atoms with van der Waals surface area (Å²) in [5, 5.41) is 14.1. The Morgan fingerprint density at radius 2 is 1.93 bits per heavy atom. The van der Waals surface area contributed by atoms with Gasteiger partial charge in [0.1, 0.15) is 11.3 Å². The second-order valence-corrected chi connectivity index (χ2v) is 6.21. The van der Waals surface area contributed by atoms with Gasteiger partial charge in [0.15, 0.2) is 5.82 Å². The number of methoxy groups -OCH3 is 1. The number of ether oxygens (including phenoxy) is 1. The van der Waals surface area contributed by atoms with Crippen molar-refractivity contribution in [2.75, 3.05) is 19.1 Å². The van der Waals surface area contributed by atoms with Crippen LogP contribution < -0.4 is 15.5 Å². The number of hydrazone groups is 1. The molecular weight excluding hydrogens is 354 g/mol. The van der Waals surface area contributed by atoms with E-state index in [2.05, 4.69) is 26.0 Å². The third-order valence-electron chi connectivity index (χ3n) is 4.22. The number of benzene rings is 2. The fourth-order valence-corrected chi connectivity index (χ4v) is 2.70. The van der Waals surface area contributed by atoms with Crippen LogP contribution >= 0.6 is 0 Å². The first-order valence-electron chi connectivity index (χ1n) is 8.97. The number of carbonyl (C=O) groups is 1. The number of anilines is 1. The Kier molecular flexibility index (Phi) is 6.41. The molecule has 0 aliphatic heterocycles. The minimum absolute atomic E-state index is 0.190. The second-order valence-electron chi connectivity index (χ2n) is 6.21. The number of aryl methyl sites for hydroxylation is 1. The van der Waals surface area contributed by atoms with Crippen molar-refractivity contribution in [1.29, 1.82) is 0 Å². The Hall–Kier alpha value is -3.61. The van der Waals surface area contributed by atoms with Gasteiger partial charge >= 0.3 is 0 Å². The van der Waals surface area contributed by atoms with Crippen LogP contribution in [-0.4, -0.2) is 36.0 Å². The molecule has 0 saturated heterocycles. The van der Waals surface area contributed by atoms with Gasteiger partial charge in [-0.05, 0) is 48.7 Å². The topological polar surface area (TPSA) is 91.4 Å². The highest BCUT2D eigenvalue weighted by atomic mass is 16.5. The second kappa shape index (κ2) is 9.36. The molecule has 3 N–H and O–H groups in total. The van der Waals surface area contributed by atoms with Crippen LogP contribution in [0.15, 0.2) is 59.7 Å². The zero-order valence-electron chi connectivity index (χ0n) is 15.9. The lowest BCUT2D eigenvalue weighted by Crippen LogP contribution is -2.26. The van der Waals surface area contributed by atoms with Gasteiger partial charge in [-0.25, -0.2) is 0 Å². The summed E-state index contributed by atoms with van der Waals surface area (Å²) < 4.78 is 5.13. The number of amides is 1. The van der Waals surface area contributed by atoms with Crippen LogP contribution in [0.5, 0.6) is 5.75 Å². The Labute approximate surface area is 163 Å². The van der Waals surface area contributed by atoms with E-state index in [1.807, 2.05) is 54.6 Å². The standard InChI is InChI=1S/C21H23N5O2/c1-15-19(21(27)22-13-12-16-6-4-3-5-7-16)20(26-24-15)25-23-14-17-8-10-18(28-2)11-9-17/h3-11,14H,12-13H2,1-2H3,(H,22,27)(H2,24,25,26)/b23-14+. The first-order chi connectivity index (χ1) is 13.7.